The lowest BCUT2D eigenvalue weighted by atomic mass is 10.1. The third kappa shape index (κ3) is 1.98. The zero-order valence-electron chi connectivity index (χ0n) is 10.8. The summed E-state index contributed by atoms with van der Waals surface area (Å²) in [7, 11) is 1.86. The van der Waals surface area contributed by atoms with E-state index in [2.05, 4.69) is 15.1 Å². The molecule has 19 heavy (non-hydrogen) atoms. The van der Waals surface area contributed by atoms with Crippen LogP contribution < -0.4 is 0 Å². The highest BCUT2D eigenvalue weighted by molar-refractivity contribution is 5.90. The van der Waals surface area contributed by atoms with Crippen LogP contribution in [0.4, 0.5) is 0 Å². The highest BCUT2D eigenvalue weighted by Gasteiger charge is 2.11. The number of nitrogens with zero attached hydrogens (tertiary/aromatic N) is 4. The predicted molar refractivity (Wildman–Crippen MR) is 72.4 cm³/mol. The summed E-state index contributed by atoms with van der Waals surface area (Å²) >= 11 is 0. The van der Waals surface area contributed by atoms with Gasteiger partial charge >= 0.3 is 0 Å². The highest BCUT2D eigenvalue weighted by atomic mass is 16.3. The maximum absolute atomic E-state index is 9.23. The SMILES string of the molecule is Cc1nc(-c2cccc(CO)c2)c2cnn(C)c2n1. The fourth-order valence-electron chi connectivity index (χ4n) is 2.17. The second kappa shape index (κ2) is 4.44. The number of aromatic nitrogens is 4. The van der Waals surface area contributed by atoms with E-state index in [1.54, 1.807) is 10.9 Å². The van der Waals surface area contributed by atoms with Crippen LogP contribution in [-0.4, -0.2) is 24.9 Å². The van der Waals surface area contributed by atoms with Gasteiger partial charge in [0.25, 0.3) is 0 Å². The third-order valence-electron chi connectivity index (χ3n) is 3.09. The van der Waals surface area contributed by atoms with E-state index in [-0.39, 0.29) is 6.61 Å². The minimum atomic E-state index is 0.0219. The van der Waals surface area contributed by atoms with Crippen molar-refractivity contribution in [2.45, 2.75) is 13.5 Å². The summed E-state index contributed by atoms with van der Waals surface area (Å²) in [4.78, 5) is 8.92. The van der Waals surface area contributed by atoms with Crippen molar-refractivity contribution < 1.29 is 5.11 Å². The van der Waals surface area contributed by atoms with E-state index in [0.29, 0.717) is 5.82 Å². The molecule has 1 aromatic carbocycles. The molecule has 3 rings (SSSR count). The first-order chi connectivity index (χ1) is 9.19. The molecule has 0 fully saturated rings. The van der Waals surface area contributed by atoms with Crippen molar-refractivity contribution in [1.29, 1.82) is 0 Å². The molecule has 0 amide bonds. The van der Waals surface area contributed by atoms with Crippen molar-refractivity contribution in [3.8, 4) is 11.3 Å². The summed E-state index contributed by atoms with van der Waals surface area (Å²) in [5.41, 5.74) is 3.50. The number of aryl methyl sites for hydroxylation is 2. The number of hydrogen-bond acceptors (Lipinski definition) is 4. The summed E-state index contributed by atoms with van der Waals surface area (Å²) in [6.45, 7) is 1.89. The van der Waals surface area contributed by atoms with Gasteiger partial charge in [0, 0.05) is 12.6 Å². The van der Waals surface area contributed by atoms with Crippen LogP contribution in [0.25, 0.3) is 22.3 Å². The van der Waals surface area contributed by atoms with Gasteiger partial charge in [0.2, 0.25) is 0 Å². The number of benzene rings is 1. The molecule has 0 saturated carbocycles. The summed E-state index contributed by atoms with van der Waals surface area (Å²) < 4.78 is 1.74. The Morgan fingerprint density at radius 3 is 2.89 bits per heavy atom. The number of rotatable bonds is 2. The van der Waals surface area contributed by atoms with Crippen LogP contribution in [-0.2, 0) is 13.7 Å². The van der Waals surface area contributed by atoms with E-state index in [1.807, 2.05) is 38.2 Å². The minimum Gasteiger partial charge on any atom is -0.392 e. The van der Waals surface area contributed by atoms with Gasteiger partial charge in [0.15, 0.2) is 5.65 Å². The van der Waals surface area contributed by atoms with E-state index in [4.69, 9.17) is 0 Å². The highest BCUT2D eigenvalue weighted by Crippen LogP contribution is 2.26. The smallest absolute Gasteiger partial charge is 0.161 e. The number of aliphatic hydroxyl groups excluding tert-OH is 1. The van der Waals surface area contributed by atoms with E-state index in [9.17, 15) is 5.11 Å². The molecule has 0 radical (unpaired) electrons. The lowest BCUT2D eigenvalue weighted by molar-refractivity contribution is 0.282. The lowest BCUT2D eigenvalue weighted by Gasteiger charge is -2.06. The van der Waals surface area contributed by atoms with Gasteiger partial charge < -0.3 is 5.11 Å². The Hall–Kier alpha value is -2.27. The molecule has 0 spiro atoms. The summed E-state index contributed by atoms with van der Waals surface area (Å²) in [5, 5.41) is 14.4. The van der Waals surface area contributed by atoms with Gasteiger partial charge in [-0.25, -0.2) is 9.97 Å². The Morgan fingerprint density at radius 1 is 1.26 bits per heavy atom. The largest absolute Gasteiger partial charge is 0.392 e. The van der Waals surface area contributed by atoms with Crippen molar-refractivity contribution in [1.82, 2.24) is 19.7 Å². The van der Waals surface area contributed by atoms with Crippen LogP contribution >= 0.6 is 0 Å². The lowest BCUT2D eigenvalue weighted by Crippen LogP contribution is -1.97. The molecule has 0 saturated heterocycles. The zero-order valence-corrected chi connectivity index (χ0v) is 10.8. The number of hydrogen-bond donors (Lipinski definition) is 1. The zero-order chi connectivity index (χ0) is 13.4. The Kier molecular flexibility index (Phi) is 2.76. The molecular formula is C14H14N4O. The maximum Gasteiger partial charge on any atom is 0.161 e. The molecule has 0 atom stereocenters. The van der Waals surface area contributed by atoms with E-state index >= 15 is 0 Å². The second-order valence-corrected chi connectivity index (χ2v) is 4.48. The van der Waals surface area contributed by atoms with Crippen LogP contribution in [0.5, 0.6) is 0 Å². The molecule has 0 unspecified atom stereocenters. The molecule has 2 heterocycles. The molecule has 3 aromatic rings. The summed E-state index contributed by atoms with van der Waals surface area (Å²) in [6.07, 6.45) is 1.77. The van der Waals surface area contributed by atoms with E-state index < -0.39 is 0 Å². The van der Waals surface area contributed by atoms with Crippen molar-refractivity contribution >= 4 is 11.0 Å². The Morgan fingerprint density at radius 2 is 2.11 bits per heavy atom. The quantitative estimate of drug-likeness (QED) is 0.757. The maximum atomic E-state index is 9.23. The topological polar surface area (TPSA) is 63.8 Å². The molecule has 5 heteroatoms. The standard InChI is InChI=1S/C14H14N4O/c1-9-16-13(11-5-3-4-10(6-11)8-19)12-7-15-18(2)14(12)17-9/h3-7,19H,8H2,1-2H3. The Bertz CT molecular complexity index is 748. The Balaban J connectivity index is 2.29. The second-order valence-electron chi connectivity index (χ2n) is 4.48. The van der Waals surface area contributed by atoms with Crippen LogP contribution in [0.3, 0.4) is 0 Å². The van der Waals surface area contributed by atoms with Gasteiger partial charge in [-0.3, -0.25) is 4.68 Å². The first-order valence-corrected chi connectivity index (χ1v) is 6.05. The van der Waals surface area contributed by atoms with Crippen molar-refractivity contribution in [2.24, 2.45) is 7.05 Å². The molecule has 0 bridgehead atoms. The average Bonchev–Trinajstić information content (AvgIpc) is 2.80. The molecule has 2 aromatic heterocycles. The third-order valence-corrected chi connectivity index (χ3v) is 3.09. The first kappa shape index (κ1) is 11.8. The van der Waals surface area contributed by atoms with Crippen molar-refractivity contribution in [3.05, 3.63) is 41.9 Å². The van der Waals surface area contributed by atoms with Gasteiger partial charge in [-0.15, -0.1) is 0 Å². The van der Waals surface area contributed by atoms with Crippen LogP contribution in [0.2, 0.25) is 0 Å². The molecule has 1 N–H and O–H groups in total. The van der Waals surface area contributed by atoms with E-state index in [0.717, 1.165) is 27.9 Å². The Labute approximate surface area is 110 Å². The monoisotopic (exact) mass is 254 g/mol. The van der Waals surface area contributed by atoms with Crippen LogP contribution in [0.15, 0.2) is 30.5 Å². The fourth-order valence-corrected chi connectivity index (χ4v) is 2.17. The van der Waals surface area contributed by atoms with Gasteiger partial charge in [-0.05, 0) is 18.6 Å². The van der Waals surface area contributed by atoms with Gasteiger partial charge in [0.1, 0.15) is 5.82 Å². The molecule has 5 nitrogen and oxygen atoms in total. The van der Waals surface area contributed by atoms with Gasteiger partial charge in [-0.2, -0.15) is 5.10 Å². The number of fused-ring (bicyclic) bond motifs is 1. The molecule has 96 valence electrons. The first-order valence-electron chi connectivity index (χ1n) is 6.05. The predicted octanol–water partition coefficient (Wildman–Crippen LogP) is 1.83. The number of aliphatic hydroxyl groups is 1. The fraction of sp³-hybridized carbons (Fsp3) is 0.214. The van der Waals surface area contributed by atoms with Gasteiger partial charge in [0.05, 0.1) is 23.9 Å². The molecule has 0 aliphatic heterocycles. The van der Waals surface area contributed by atoms with Crippen LogP contribution in [0, 0.1) is 6.92 Å². The normalized spacial score (nSPS) is 11.1. The minimum absolute atomic E-state index is 0.0219. The molecule has 0 aliphatic carbocycles. The summed E-state index contributed by atoms with van der Waals surface area (Å²) in [5.74, 6) is 0.709. The van der Waals surface area contributed by atoms with Gasteiger partial charge in [-0.1, -0.05) is 18.2 Å². The molecule has 0 aliphatic rings. The van der Waals surface area contributed by atoms with Crippen molar-refractivity contribution in [3.63, 3.8) is 0 Å². The van der Waals surface area contributed by atoms with E-state index in [1.165, 1.54) is 0 Å². The van der Waals surface area contributed by atoms with Crippen LogP contribution in [0.1, 0.15) is 11.4 Å². The van der Waals surface area contributed by atoms with Crippen molar-refractivity contribution in [2.75, 3.05) is 0 Å². The average molecular weight is 254 g/mol. The molecular weight excluding hydrogens is 240 g/mol. The summed E-state index contributed by atoms with van der Waals surface area (Å²) in [6, 6.07) is 7.72.